The van der Waals surface area contributed by atoms with Gasteiger partial charge in [0.15, 0.2) is 5.84 Å². The molecule has 150 valence electrons. The topological polar surface area (TPSA) is 79.5 Å². The summed E-state index contributed by atoms with van der Waals surface area (Å²) >= 11 is 0. The van der Waals surface area contributed by atoms with E-state index in [4.69, 9.17) is 11.3 Å². The number of para-hydroxylation sites is 1. The second-order valence-electron chi connectivity index (χ2n) is 7.47. The van der Waals surface area contributed by atoms with Crippen LogP contribution in [0.5, 0.6) is 0 Å². The number of fused-ring (bicyclic) bond motifs is 3. The highest BCUT2D eigenvalue weighted by molar-refractivity contribution is 6.11. The Hall–Kier alpha value is -4.25. The number of aromatic nitrogens is 1. The van der Waals surface area contributed by atoms with Crippen LogP contribution in [-0.2, 0) is 6.54 Å². The highest BCUT2D eigenvalue weighted by atomic mass is 15.3. The Morgan fingerprint density at radius 2 is 1.48 bits per heavy atom. The fraction of sp³-hybridized carbons (Fsp3) is 0.0385. The second-order valence-corrected chi connectivity index (χ2v) is 7.47. The van der Waals surface area contributed by atoms with Crippen LogP contribution in [0.1, 0.15) is 11.1 Å². The minimum absolute atomic E-state index is 0.0526. The van der Waals surface area contributed by atoms with E-state index in [1.165, 1.54) is 16.7 Å². The first kappa shape index (κ1) is 18.8. The van der Waals surface area contributed by atoms with Gasteiger partial charge in [-0.1, -0.05) is 72.0 Å². The number of nitrogens with two attached hydrogens (primary N) is 1. The molecule has 0 spiro atoms. The van der Waals surface area contributed by atoms with Gasteiger partial charge in [-0.2, -0.15) is 0 Å². The van der Waals surface area contributed by atoms with Gasteiger partial charge in [-0.15, -0.1) is 5.11 Å². The number of benzene rings is 4. The number of rotatable bonds is 4. The van der Waals surface area contributed by atoms with E-state index in [1.807, 2.05) is 30.3 Å². The van der Waals surface area contributed by atoms with E-state index in [-0.39, 0.29) is 5.84 Å². The monoisotopic (exact) mass is 403 g/mol. The zero-order valence-electron chi connectivity index (χ0n) is 16.9. The van der Waals surface area contributed by atoms with Crippen molar-refractivity contribution in [2.75, 3.05) is 0 Å². The second kappa shape index (κ2) is 7.88. The summed E-state index contributed by atoms with van der Waals surface area (Å²) in [6.45, 7) is 0.754. The molecule has 0 saturated heterocycles. The van der Waals surface area contributed by atoms with Crippen molar-refractivity contribution < 1.29 is 0 Å². The van der Waals surface area contributed by atoms with Gasteiger partial charge in [0.05, 0.1) is 0 Å². The molecule has 5 aromatic rings. The third-order valence-corrected chi connectivity index (χ3v) is 5.58. The zero-order chi connectivity index (χ0) is 21.2. The number of nitrogens with one attached hydrogen (secondary N) is 1. The maximum absolute atomic E-state index is 8.06. The minimum Gasteiger partial charge on any atom is -0.336 e. The molecule has 3 N–H and O–H groups in total. The lowest BCUT2D eigenvalue weighted by atomic mass is 10.0. The normalized spacial score (nSPS) is 11.5. The van der Waals surface area contributed by atoms with Crippen LogP contribution in [-0.4, -0.2) is 10.4 Å². The first-order valence-electron chi connectivity index (χ1n) is 10.1. The van der Waals surface area contributed by atoms with Crippen LogP contribution in [0.4, 0.5) is 0 Å². The predicted octanol–water partition coefficient (Wildman–Crippen LogP) is 6.16. The zero-order valence-corrected chi connectivity index (χ0v) is 16.9. The summed E-state index contributed by atoms with van der Waals surface area (Å²) in [5.41, 5.74) is 6.62. The molecule has 0 unspecified atom stereocenters. The van der Waals surface area contributed by atoms with Gasteiger partial charge in [0.1, 0.15) is 0 Å². The number of nitrogens with zero attached hydrogens (tertiary/aromatic N) is 3. The fourth-order valence-electron chi connectivity index (χ4n) is 4.15. The Labute approximate surface area is 180 Å². The quantitative estimate of drug-likeness (QED) is 0.122. The van der Waals surface area contributed by atoms with Gasteiger partial charge in [0, 0.05) is 33.9 Å². The van der Waals surface area contributed by atoms with Crippen molar-refractivity contribution in [2.45, 2.75) is 6.54 Å². The minimum atomic E-state index is 0.0526. The Morgan fingerprint density at radius 1 is 0.742 bits per heavy atom. The van der Waals surface area contributed by atoms with Crippen molar-refractivity contribution >= 4 is 27.6 Å². The van der Waals surface area contributed by atoms with Crippen molar-refractivity contribution in [1.29, 1.82) is 5.41 Å². The summed E-state index contributed by atoms with van der Waals surface area (Å²) < 4.78 is 2.33. The summed E-state index contributed by atoms with van der Waals surface area (Å²) in [7, 11) is 0. The molecule has 0 fully saturated rings. The molecule has 5 rings (SSSR count). The lowest BCUT2D eigenvalue weighted by Crippen LogP contribution is -2.00. The van der Waals surface area contributed by atoms with Gasteiger partial charge >= 0.3 is 0 Å². The van der Waals surface area contributed by atoms with Gasteiger partial charge < -0.3 is 10.4 Å². The highest BCUT2D eigenvalue weighted by Gasteiger charge is 2.13. The van der Waals surface area contributed by atoms with Crippen LogP contribution in [0.2, 0.25) is 0 Å². The van der Waals surface area contributed by atoms with Crippen LogP contribution in [0.15, 0.2) is 107 Å². The van der Waals surface area contributed by atoms with Crippen LogP contribution < -0.4 is 5.84 Å². The van der Waals surface area contributed by atoms with Crippen molar-refractivity contribution in [2.24, 2.45) is 16.2 Å². The molecule has 0 amide bonds. The molecule has 4 aromatic carbocycles. The third kappa shape index (κ3) is 3.46. The number of amidine groups is 1. The average Bonchev–Trinajstić information content (AvgIpc) is 3.13. The lowest BCUT2D eigenvalue weighted by Gasteiger charge is -2.10. The maximum Gasteiger partial charge on any atom is 0.176 e. The largest absolute Gasteiger partial charge is 0.336 e. The third-order valence-electron chi connectivity index (χ3n) is 5.58. The van der Waals surface area contributed by atoms with E-state index in [1.54, 1.807) is 0 Å². The van der Waals surface area contributed by atoms with Gasteiger partial charge in [-0.05, 0) is 47.0 Å². The van der Waals surface area contributed by atoms with Crippen molar-refractivity contribution in [3.8, 4) is 11.1 Å². The highest BCUT2D eigenvalue weighted by Crippen LogP contribution is 2.31. The van der Waals surface area contributed by atoms with E-state index >= 15 is 0 Å². The molecule has 0 radical (unpaired) electrons. The average molecular weight is 403 g/mol. The molecule has 1 aromatic heterocycles. The van der Waals surface area contributed by atoms with Gasteiger partial charge in [0.2, 0.25) is 0 Å². The molecule has 5 heteroatoms. The first-order valence-corrected chi connectivity index (χ1v) is 10.1. The van der Waals surface area contributed by atoms with E-state index in [0.29, 0.717) is 5.56 Å². The Balaban J connectivity index is 1.62. The molecule has 5 nitrogen and oxygen atoms in total. The molecular weight excluding hydrogens is 382 g/mol. The van der Waals surface area contributed by atoms with E-state index in [0.717, 1.165) is 28.4 Å². The molecule has 0 bridgehead atoms. The van der Waals surface area contributed by atoms with Gasteiger partial charge in [-0.3, -0.25) is 5.41 Å². The van der Waals surface area contributed by atoms with Crippen molar-refractivity contribution in [3.63, 3.8) is 0 Å². The van der Waals surface area contributed by atoms with Crippen LogP contribution in [0.3, 0.4) is 0 Å². The fourth-order valence-corrected chi connectivity index (χ4v) is 4.15. The van der Waals surface area contributed by atoms with Crippen LogP contribution >= 0.6 is 0 Å². The smallest absolute Gasteiger partial charge is 0.176 e. The van der Waals surface area contributed by atoms with Crippen molar-refractivity contribution in [1.82, 2.24) is 4.57 Å². The molecule has 0 aliphatic carbocycles. The summed E-state index contributed by atoms with van der Waals surface area (Å²) in [5, 5.41) is 17.2. The molecule has 31 heavy (non-hydrogen) atoms. The molecule has 1 heterocycles. The van der Waals surface area contributed by atoms with E-state index < -0.39 is 0 Å². The molecule has 0 aliphatic heterocycles. The SMILES string of the molecule is N=C(N=NN)c1ccc2c(c1)c1ccccc1n2Cc1cccc(-c2ccccc2)c1. The van der Waals surface area contributed by atoms with Crippen LogP contribution in [0, 0.1) is 5.41 Å². The number of hydrogen-bond acceptors (Lipinski definition) is 2. The van der Waals surface area contributed by atoms with E-state index in [2.05, 4.69) is 81.6 Å². The summed E-state index contributed by atoms with van der Waals surface area (Å²) in [5.74, 6) is 5.18. The summed E-state index contributed by atoms with van der Waals surface area (Å²) in [6, 6.07) is 33.4. The summed E-state index contributed by atoms with van der Waals surface area (Å²) in [4.78, 5) is 0. The maximum atomic E-state index is 8.06. The summed E-state index contributed by atoms with van der Waals surface area (Å²) in [6.07, 6.45) is 0. The predicted molar refractivity (Wildman–Crippen MR) is 126 cm³/mol. The van der Waals surface area contributed by atoms with E-state index in [9.17, 15) is 0 Å². The van der Waals surface area contributed by atoms with Crippen LogP contribution in [0.25, 0.3) is 32.9 Å². The molecule has 0 atom stereocenters. The standard InChI is InChI=1S/C26H21N5/c27-26(29-30-28)21-13-14-25-23(16-21)22-11-4-5-12-24(22)31(25)17-18-7-6-10-20(15-18)19-8-2-1-3-9-19/h1-16H,17H2,(H3,27,28,29). The Morgan fingerprint density at radius 3 is 2.32 bits per heavy atom. The van der Waals surface area contributed by atoms with Gasteiger partial charge in [-0.25, -0.2) is 0 Å². The molecule has 0 saturated carbocycles. The lowest BCUT2D eigenvalue weighted by molar-refractivity contribution is 0.869. The Kier molecular flexibility index (Phi) is 4.77. The number of hydrogen-bond donors (Lipinski definition) is 2. The molecular formula is C26H21N5. The first-order chi connectivity index (χ1) is 15.2. The van der Waals surface area contributed by atoms with Gasteiger partial charge in [0.25, 0.3) is 0 Å². The molecule has 0 aliphatic rings. The Bertz CT molecular complexity index is 1430. The van der Waals surface area contributed by atoms with Crippen molar-refractivity contribution in [3.05, 3.63) is 108 Å².